The summed E-state index contributed by atoms with van der Waals surface area (Å²) in [5.41, 5.74) is 2.48. The second-order valence-corrected chi connectivity index (χ2v) is 6.89. The van der Waals surface area contributed by atoms with Crippen molar-refractivity contribution in [3.8, 4) is 5.75 Å². The maximum absolute atomic E-state index is 12.7. The van der Waals surface area contributed by atoms with Crippen LogP contribution in [0.3, 0.4) is 0 Å². The standard InChI is InChI=1S/C23H17ClN2O3/c24-18-7-4-8-19(14-18)26-22(27)21(25-23(26)28)13-16-9-11-20(12-10-16)29-15-17-5-2-1-3-6-17/h1-14H,15H2,(H,25,28). The maximum atomic E-state index is 12.7. The Morgan fingerprint density at radius 2 is 1.69 bits per heavy atom. The molecular formula is C23H17ClN2O3. The lowest BCUT2D eigenvalue weighted by Crippen LogP contribution is -2.30. The van der Waals surface area contributed by atoms with Crippen molar-refractivity contribution in [3.63, 3.8) is 0 Å². The van der Waals surface area contributed by atoms with E-state index in [-0.39, 0.29) is 5.70 Å². The van der Waals surface area contributed by atoms with E-state index in [9.17, 15) is 9.59 Å². The number of rotatable bonds is 5. The average Bonchev–Trinajstić information content (AvgIpc) is 3.01. The second kappa shape index (κ2) is 8.20. The topological polar surface area (TPSA) is 58.6 Å². The van der Waals surface area contributed by atoms with Gasteiger partial charge in [0.25, 0.3) is 5.91 Å². The summed E-state index contributed by atoms with van der Waals surface area (Å²) in [6.45, 7) is 0.477. The number of hydrogen-bond donors (Lipinski definition) is 1. The molecule has 1 N–H and O–H groups in total. The molecule has 3 amide bonds. The first-order chi connectivity index (χ1) is 14.1. The normalized spacial score (nSPS) is 14.9. The van der Waals surface area contributed by atoms with Crippen LogP contribution in [0.1, 0.15) is 11.1 Å². The van der Waals surface area contributed by atoms with E-state index >= 15 is 0 Å². The minimum atomic E-state index is -0.508. The molecule has 1 saturated heterocycles. The number of halogens is 1. The summed E-state index contributed by atoms with van der Waals surface area (Å²) in [5.74, 6) is 0.292. The largest absolute Gasteiger partial charge is 0.489 e. The van der Waals surface area contributed by atoms with Gasteiger partial charge in [-0.15, -0.1) is 0 Å². The van der Waals surface area contributed by atoms with Gasteiger partial charge in [-0.25, -0.2) is 9.69 Å². The molecule has 4 rings (SSSR count). The number of benzene rings is 3. The SMILES string of the molecule is O=C1NC(=Cc2ccc(OCc3ccccc3)cc2)C(=O)N1c1cccc(Cl)c1. The molecule has 6 heteroatoms. The molecule has 0 atom stereocenters. The zero-order valence-corrected chi connectivity index (χ0v) is 16.1. The van der Waals surface area contributed by atoms with E-state index in [2.05, 4.69) is 5.32 Å². The van der Waals surface area contributed by atoms with Gasteiger partial charge in [0.15, 0.2) is 0 Å². The number of nitrogens with one attached hydrogen (secondary N) is 1. The number of amides is 3. The molecule has 0 bridgehead atoms. The van der Waals surface area contributed by atoms with Gasteiger partial charge in [-0.1, -0.05) is 60.1 Å². The summed E-state index contributed by atoms with van der Waals surface area (Å²) >= 11 is 5.97. The van der Waals surface area contributed by atoms with Gasteiger partial charge in [-0.05, 0) is 47.5 Å². The molecule has 3 aromatic rings. The van der Waals surface area contributed by atoms with Crippen LogP contribution in [0.25, 0.3) is 6.08 Å². The number of anilines is 1. The van der Waals surface area contributed by atoms with Crippen LogP contribution < -0.4 is 15.0 Å². The first-order valence-electron chi connectivity index (χ1n) is 9.00. The number of carbonyl (C=O) groups is 2. The van der Waals surface area contributed by atoms with Crippen LogP contribution in [-0.4, -0.2) is 11.9 Å². The van der Waals surface area contributed by atoms with E-state index < -0.39 is 11.9 Å². The van der Waals surface area contributed by atoms with Crippen molar-refractivity contribution in [2.75, 3.05) is 4.90 Å². The fraction of sp³-hybridized carbons (Fsp3) is 0.0435. The molecule has 0 unspecified atom stereocenters. The zero-order chi connectivity index (χ0) is 20.2. The summed E-state index contributed by atoms with van der Waals surface area (Å²) in [5, 5.41) is 3.06. The Morgan fingerprint density at radius 3 is 2.41 bits per heavy atom. The predicted octanol–water partition coefficient (Wildman–Crippen LogP) is 5.02. The van der Waals surface area contributed by atoms with Crippen molar-refractivity contribution in [3.05, 3.63) is 101 Å². The van der Waals surface area contributed by atoms with Crippen LogP contribution in [0.5, 0.6) is 5.75 Å². The van der Waals surface area contributed by atoms with Crippen LogP contribution >= 0.6 is 11.6 Å². The predicted molar refractivity (Wildman–Crippen MR) is 113 cm³/mol. The molecule has 5 nitrogen and oxygen atoms in total. The van der Waals surface area contributed by atoms with Crippen molar-refractivity contribution in [2.45, 2.75) is 6.61 Å². The Hall–Kier alpha value is -3.57. The number of hydrogen-bond acceptors (Lipinski definition) is 3. The molecule has 0 aliphatic carbocycles. The highest BCUT2D eigenvalue weighted by Gasteiger charge is 2.34. The second-order valence-electron chi connectivity index (χ2n) is 6.45. The van der Waals surface area contributed by atoms with Crippen molar-refractivity contribution >= 4 is 35.3 Å². The van der Waals surface area contributed by atoms with Gasteiger partial charge in [-0.2, -0.15) is 0 Å². The van der Waals surface area contributed by atoms with Gasteiger partial charge < -0.3 is 10.1 Å². The Morgan fingerprint density at radius 1 is 0.931 bits per heavy atom. The van der Waals surface area contributed by atoms with Gasteiger partial charge in [-0.3, -0.25) is 4.79 Å². The van der Waals surface area contributed by atoms with Crippen molar-refractivity contribution in [1.82, 2.24) is 5.32 Å². The van der Waals surface area contributed by atoms with E-state index in [1.807, 2.05) is 54.6 Å². The van der Waals surface area contributed by atoms with Gasteiger partial charge >= 0.3 is 6.03 Å². The number of carbonyl (C=O) groups excluding carboxylic acids is 2. The summed E-state index contributed by atoms with van der Waals surface area (Å²) in [6.07, 6.45) is 1.63. The third kappa shape index (κ3) is 4.31. The van der Waals surface area contributed by atoms with Crippen LogP contribution in [0, 0.1) is 0 Å². The maximum Gasteiger partial charge on any atom is 0.333 e. The minimum absolute atomic E-state index is 0.202. The summed E-state index contributed by atoms with van der Waals surface area (Å²) in [7, 11) is 0. The Bertz CT molecular complexity index is 1080. The fourth-order valence-electron chi connectivity index (χ4n) is 2.95. The van der Waals surface area contributed by atoms with Crippen LogP contribution in [0.2, 0.25) is 5.02 Å². The quantitative estimate of drug-likeness (QED) is 0.480. The van der Waals surface area contributed by atoms with Gasteiger partial charge in [0.1, 0.15) is 18.1 Å². The smallest absolute Gasteiger partial charge is 0.333 e. The molecule has 1 aliphatic rings. The third-order valence-corrected chi connectivity index (χ3v) is 4.62. The molecule has 0 radical (unpaired) electrons. The van der Waals surface area contributed by atoms with Crippen molar-refractivity contribution in [1.29, 1.82) is 0 Å². The lowest BCUT2D eigenvalue weighted by atomic mass is 10.2. The Balaban J connectivity index is 1.46. The molecule has 29 heavy (non-hydrogen) atoms. The Kier molecular flexibility index (Phi) is 5.31. The lowest BCUT2D eigenvalue weighted by molar-refractivity contribution is -0.113. The van der Waals surface area contributed by atoms with Gasteiger partial charge in [0.2, 0.25) is 0 Å². The summed E-state index contributed by atoms with van der Waals surface area (Å²) in [4.78, 5) is 26.0. The molecule has 0 aromatic heterocycles. The minimum Gasteiger partial charge on any atom is -0.489 e. The van der Waals surface area contributed by atoms with E-state index in [0.717, 1.165) is 21.8 Å². The van der Waals surface area contributed by atoms with Gasteiger partial charge in [0.05, 0.1) is 5.69 Å². The first kappa shape index (κ1) is 18.8. The highest BCUT2D eigenvalue weighted by molar-refractivity contribution is 6.32. The molecule has 144 valence electrons. The van der Waals surface area contributed by atoms with Gasteiger partial charge in [0, 0.05) is 5.02 Å². The first-order valence-corrected chi connectivity index (χ1v) is 9.37. The number of ether oxygens (including phenoxy) is 1. The fourth-order valence-corrected chi connectivity index (χ4v) is 3.14. The van der Waals surface area contributed by atoms with E-state index in [1.165, 1.54) is 0 Å². The lowest BCUT2D eigenvalue weighted by Gasteiger charge is -2.11. The molecule has 1 heterocycles. The zero-order valence-electron chi connectivity index (χ0n) is 15.3. The molecular weight excluding hydrogens is 388 g/mol. The third-order valence-electron chi connectivity index (χ3n) is 4.38. The monoisotopic (exact) mass is 404 g/mol. The van der Waals surface area contributed by atoms with Crippen LogP contribution in [0.15, 0.2) is 84.6 Å². The number of imide groups is 1. The van der Waals surface area contributed by atoms with E-state index in [0.29, 0.717) is 17.3 Å². The average molecular weight is 405 g/mol. The number of nitrogens with zero attached hydrogens (tertiary/aromatic N) is 1. The van der Waals surface area contributed by atoms with Crippen molar-refractivity contribution in [2.24, 2.45) is 0 Å². The molecule has 3 aromatic carbocycles. The van der Waals surface area contributed by atoms with Crippen molar-refractivity contribution < 1.29 is 14.3 Å². The highest BCUT2D eigenvalue weighted by atomic mass is 35.5. The summed E-state index contributed by atoms with van der Waals surface area (Å²) < 4.78 is 5.76. The van der Waals surface area contributed by atoms with Crippen LogP contribution in [0.4, 0.5) is 10.5 Å². The Labute approximate surface area is 173 Å². The molecule has 1 fully saturated rings. The van der Waals surface area contributed by atoms with E-state index in [4.69, 9.17) is 16.3 Å². The molecule has 0 spiro atoms. The number of urea groups is 1. The highest BCUT2D eigenvalue weighted by Crippen LogP contribution is 2.25. The molecule has 0 saturated carbocycles. The van der Waals surface area contributed by atoms with Crippen LogP contribution in [-0.2, 0) is 11.4 Å². The molecule has 1 aliphatic heterocycles. The summed E-state index contributed by atoms with van der Waals surface area (Å²) in [6, 6.07) is 23.3. The van der Waals surface area contributed by atoms with E-state index in [1.54, 1.807) is 30.3 Å².